The maximum atomic E-state index is 13.3. The molecule has 33 heavy (non-hydrogen) atoms. The maximum Gasteiger partial charge on any atom is 0.265 e. The van der Waals surface area contributed by atoms with E-state index in [0.717, 1.165) is 12.6 Å². The van der Waals surface area contributed by atoms with Crippen LogP contribution in [0.5, 0.6) is 11.5 Å². The standard InChI is InChI=1S/C24H24ClFN2O5/c25-18-11-17(6-7-19(18)26)32-13-21(29)16-5-8-22-20(10-16)28(24(31)14-33-22)9-1-2-23(30)27-12-15-3-4-15/h5-8,10-11,15H,1-4,9,12-14H2,(H,27,30). The second kappa shape index (κ2) is 10.2. The van der Waals surface area contributed by atoms with Gasteiger partial charge >= 0.3 is 0 Å². The molecule has 2 aromatic carbocycles. The van der Waals surface area contributed by atoms with Crippen molar-refractivity contribution < 1.29 is 28.2 Å². The van der Waals surface area contributed by atoms with Crippen molar-refractivity contribution in [3.05, 3.63) is 52.8 Å². The van der Waals surface area contributed by atoms with E-state index < -0.39 is 5.82 Å². The van der Waals surface area contributed by atoms with Crippen molar-refractivity contribution in [3.63, 3.8) is 0 Å². The molecule has 7 nitrogen and oxygen atoms in total. The monoisotopic (exact) mass is 474 g/mol. The van der Waals surface area contributed by atoms with E-state index in [1.54, 1.807) is 23.1 Å². The number of Topliss-reactive ketones (excluding diaryl/α,β-unsaturated/α-hetero) is 1. The molecule has 1 saturated carbocycles. The van der Waals surface area contributed by atoms with Crippen LogP contribution in [0.15, 0.2) is 36.4 Å². The molecule has 174 valence electrons. The Bertz CT molecular complexity index is 1070. The number of ketones is 1. The van der Waals surface area contributed by atoms with Crippen molar-refractivity contribution in [2.75, 3.05) is 31.2 Å². The Labute approximate surface area is 195 Å². The molecule has 2 amide bonds. The molecule has 1 aliphatic carbocycles. The molecular formula is C24H24ClFN2O5. The molecule has 1 N–H and O–H groups in total. The molecule has 0 radical (unpaired) electrons. The third kappa shape index (κ3) is 6.01. The smallest absolute Gasteiger partial charge is 0.265 e. The van der Waals surface area contributed by atoms with Crippen LogP contribution in [0.2, 0.25) is 5.02 Å². The van der Waals surface area contributed by atoms with Gasteiger partial charge in [-0.2, -0.15) is 0 Å². The summed E-state index contributed by atoms with van der Waals surface area (Å²) in [4.78, 5) is 38.6. The molecule has 2 aliphatic rings. The topological polar surface area (TPSA) is 84.9 Å². The predicted octanol–water partition coefficient (Wildman–Crippen LogP) is 3.77. The Morgan fingerprint density at radius 1 is 1.21 bits per heavy atom. The van der Waals surface area contributed by atoms with Gasteiger partial charge in [-0.25, -0.2) is 4.39 Å². The first kappa shape index (κ1) is 23.0. The Morgan fingerprint density at radius 2 is 2.03 bits per heavy atom. The van der Waals surface area contributed by atoms with Gasteiger partial charge in [-0.3, -0.25) is 14.4 Å². The number of fused-ring (bicyclic) bond motifs is 1. The van der Waals surface area contributed by atoms with Gasteiger partial charge in [-0.1, -0.05) is 11.6 Å². The lowest BCUT2D eigenvalue weighted by Gasteiger charge is -2.29. The highest BCUT2D eigenvalue weighted by atomic mass is 35.5. The fourth-order valence-corrected chi connectivity index (χ4v) is 3.66. The second-order valence-corrected chi connectivity index (χ2v) is 8.56. The number of carbonyl (C=O) groups excluding carboxylic acids is 3. The fraction of sp³-hybridized carbons (Fsp3) is 0.375. The van der Waals surface area contributed by atoms with Crippen LogP contribution in [0.4, 0.5) is 10.1 Å². The lowest BCUT2D eigenvalue weighted by atomic mass is 10.1. The summed E-state index contributed by atoms with van der Waals surface area (Å²) in [6.45, 7) is 0.684. The Hall–Kier alpha value is -3.13. The molecule has 9 heteroatoms. The molecule has 2 aromatic rings. The summed E-state index contributed by atoms with van der Waals surface area (Å²) < 4.78 is 24.2. The first-order valence-electron chi connectivity index (χ1n) is 10.9. The zero-order chi connectivity index (χ0) is 23.4. The number of hydrogen-bond acceptors (Lipinski definition) is 5. The molecule has 0 aromatic heterocycles. The molecule has 1 fully saturated rings. The van der Waals surface area contributed by atoms with Gasteiger partial charge in [-0.05, 0) is 55.5 Å². The highest BCUT2D eigenvalue weighted by Crippen LogP contribution is 2.33. The summed E-state index contributed by atoms with van der Waals surface area (Å²) in [6.07, 6.45) is 3.15. The van der Waals surface area contributed by atoms with Crippen LogP contribution in [0.1, 0.15) is 36.0 Å². The van der Waals surface area contributed by atoms with Crippen LogP contribution < -0.4 is 19.7 Å². The van der Waals surface area contributed by atoms with Crippen LogP contribution in [0.25, 0.3) is 0 Å². The summed E-state index contributed by atoms with van der Waals surface area (Å²) in [5, 5.41) is 2.82. The van der Waals surface area contributed by atoms with Crippen molar-refractivity contribution in [3.8, 4) is 11.5 Å². The van der Waals surface area contributed by atoms with E-state index in [9.17, 15) is 18.8 Å². The number of hydrogen-bond donors (Lipinski definition) is 1. The van der Waals surface area contributed by atoms with Gasteiger partial charge in [0.15, 0.2) is 19.0 Å². The summed E-state index contributed by atoms with van der Waals surface area (Å²) >= 11 is 5.73. The first-order chi connectivity index (χ1) is 15.9. The zero-order valence-electron chi connectivity index (χ0n) is 17.9. The molecular weight excluding hydrogens is 451 g/mol. The number of benzene rings is 2. The van der Waals surface area contributed by atoms with Crippen molar-refractivity contribution in [2.24, 2.45) is 5.92 Å². The molecule has 0 saturated heterocycles. The molecule has 0 spiro atoms. The van der Waals surface area contributed by atoms with Gasteiger partial charge in [0.25, 0.3) is 5.91 Å². The van der Waals surface area contributed by atoms with Gasteiger partial charge in [0.05, 0.1) is 10.7 Å². The van der Waals surface area contributed by atoms with E-state index in [2.05, 4.69) is 5.32 Å². The van der Waals surface area contributed by atoms with Crippen molar-refractivity contribution in [1.82, 2.24) is 5.32 Å². The molecule has 0 atom stereocenters. The Morgan fingerprint density at radius 3 is 2.79 bits per heavy atom. The van der Waals surface area contributed by atoms with Gasteiger partial charge in [0.1, 0.15) is 17.3 Å². The molecule has 0 bridgehead atoms. The van der Waals surface area contributed by atoms with E-state index >= 15 is 0 Å². The van der Waals surface area contributed by atoms with E-state index in [-0.39, 0.29) is 41.6 Å². The van der Waals surface area contributed by atoms with E-state index in [0.29, 0.717) is 42.3 Å². The van der Waals surface area contributed by atoms with Crippen LogP contribution in [-0.4, -0.2) is 43.9 Å². The van der Waals surface area contributed by atoms with Crippen LogP contribution >= 0.6 is 11.6 Å². The molecule has 0 unspecified atom stereocenters. The number of anilines is 1. The van der Waals surface area contributed by atoms with Gasteiger partial charge in [0, 0.05) is 31.1 Å². The van der Waals surface area contributed by atoms with E-state index in [1.165, 1.54) is 25.0 Å². The normalized spacial score (nSPS) is 15.0. The van der Waals surface area contributed by atoms with E-state index in [4.69, 9.17) is 21.1 Å². The van der Waals surface area contributed by atoms with E-state index in [1.807, 2.05) is 0 Å². The van der Waals surface area contributed by atoms with Crippen molar-refractivity contribution in [2.45, 2.75) is 25.7 Å². The molecule has 1 heterocycles. The molecule has 1 aliphatic heterocycles. The number of halogens is 2. The summed E-state index contributed by atoms with van der Waals surface area (Å²) in [5.74, 6) is 0.225. The summed E-state index contributed by atoms with van der Waals surface area (Å²) in [7, 11) is 0. The summed E-state index contributed by atoms with van der Waals surface area (Å²) in [6, 6.07) is 8.67. The predicted molar refractivity (Wildman–Crippen MR) is 120 cm³/mol. The average molecular weight is 475 g/mol. The Balaban J connectivity index is 1.37. The highest BCUT2D eigenvalue weighted by Gasteiger charge is 2.27. The number of amides is 2. The number of carbonyl (C=O) groups is 3. The minimum absolute atomic E-state index is 0.0233. The van der Waals surface area contributed by atoms with Gasteiger partial charge in [0.2, 0.25) is 5.91 Å². The fourth-order valence-electron chi connectivity index (χ4n) is 3.49. The number of ether oxygens (including phenoxy) is 2. The molecule has 4 rings (SSSR count). The number of nitrogens with one attached hydrogen (secondary N) is 1. The average Bonchev–Trinajstić information content (AvgIpc) is 3.64. The lowest BCUT2D eigenvalue weighted by Crippen LogP contribution is -2.40. The minimum Gasteiger partial charge on any atom is -0.485 e. The SMILES string of the molecule is O=C(CCCN1C(=O)COc2ccc(C(=O)COc3ccc(F)c(Cl)c3)cc21)NCC1CC1. The number of nitrogens with zero attached hydrogens (tertiary/aromatic N) is 1. The Kier molecular flexibility index (Phi) is 7.13. The van der Waals surface area contributed by atoms with Crippen LogP contribution in [0, 0.1) is 11.7 Å². The minimum atomic E-state index is -0.574. The van der Waals surface area contributed by atoms with Crippen LogP contribution in [-0.2, 0) is 9.59 Å². The van der Waals surface area contributed by atoms with Crippen molar-refractivity contribution in [1.29, 1.82) is 0 Å². The zero-order valence-corrected chi connectivity index (χ0v) is 18.7. The lowest BCUT2D eigenvalue weighted by molar-refractivity contribution is -0.122. The summed E-state index contributed by atoms with van der Waals surface area (Å²) in [5.41, 5.74) is 0.827. The second-order valence-electron chi connectivity index (χ2n) is 8.16. The maximum absolute atomic E-state index is 13.3. The van der Waals surface area contributed by atoms with Crippen molar-refractivity contribution >= 4 is 34.9 Å². The number of rotatable bonds is 10. The van der Waals surface area contributed by atoms with Gasteiger partial charge < -0.3 is 19.7 Å². The third-order valence-electron chi connectivity index (χ3n) is 5.56. The highest BCUT2D eigenvalue weighted by molar-refractivity contribution is 6.30. The quantitative estimate of drug-likeness (QED) is 0.530. The van der Waals surface area contributed by atoms with Crippen LogP contribution in [0.3, 0.4) is 0 Å². The largest absolute Gasteiger partial charge is 0.485 e. The third-order valence-corrected chi connectivity index (χ3v) is 5.84. The first-order valence-corrected chi connectivity index (χ1v) is 11.2. The van der Waals surface area contributed by atoms with Gasteiger partial charge in [-0.15, -0.1) is 0 Å².